The number of urea groups is 1. The Balaban J connectivity index is 1.80. The van der Waals surface area contributed by atoms with Crippen molar-refractivity contribution >= 4 is 21.8 Å². The van der Waals surface area contributed by atoms with E-state index in [-0.39, 0.29) is 18.2 Å². The molecule has 0 heterocycles. The first kappa shape index (κ1) is 29.6. The molecule has 210 valence electrons. The predicted octanol–water partition coefficient (Wildman–Crippen LogP) is 6.18. The number of methoxy groups -OCH3 is 2. The van der Waals surface area contributed by atoms with Gasteiger partial charge in [-0.15, -0.1) is 0 Å². The predicted molar refractivity (Wildman–Crippen MR) is 140 cm³/mol. The van der Waals surface area contributed by atoms with E-state index in [9.17, 15) is 26.4 Å². The summed E-state index contributed by atoms with van der Waals surface area (Å²) in [4.78, 5) is 14.1. The Hall–Kier alpha value is -3.93. The molecule has 39 heavy (non-hydrogen) atoms. The van der Waals surface area contributed by atoms with Crippen LogP contribution in [0.15, 0.2) is 71.6 Å². The first-order chi connectivity index (χ1) is 18.3. The van der Waals surface area contributed by atoms with Gasteiger partial charge in [-0.25, -0.2) is 4.79 Å². The highest BCUT2D eigenvalue weighted by atomic mass is 32.2. The second-order valence-electron chi connectivity index (χ2n) is 8.98. The van der Waals surface area contributed by atoms with E-state index in [1.54, 1.807) is 24.3 Å². The Morgan fingerprint density at radius 1 is 0.949 bits per heavy atom. The first-order valence-electron chi connectivity index (χ1n) is 11.8. The van der Waals surface area contributed by atoms with Crippen LogP contribution in [0.1, 0.15) is 25.0 Å². The summed E-state index contributed by atoms with van der Waals surface area (Å²) in [5, 5.41) is 2.82. The van der Waals surface area contributed by atoms with Crippen LogP contribution in [0, 0.1) is 5.92 Å². The van der Waals surface area contributed by atoms with Crippen molar-refractivity contribution < 1.29 is 40.0 Å². The Kier molecular flexibility index (Phi) is 9.33. The second kappa shape index (κ2) is 12.3. The molecule has 0 aromatic heterocycles. The fourth-order valence-corrected chi connectivity index (χ4v) is 4.64. The summed E-state index contributed by atoms with van der Waals surface area (Å²) in [5.41, 5.74) is -0.129. The van der Waals surface area contributed by atoms with E-state index in [4.69, 9.17) is 13.7 Å². The van der Waals surface area contributed by atoms with E-state index >= 15 is 0 Å². The minimum absolute atomic E-state index is 0.100. The largest absolute Gasteiger partial charge is 0.497 e. The fraction of sp³-hybridized carbons (Fsp3) is 0.296. The number of hydrogen-bond donors (Lipinski definition) is 1. The summed E-state index contributed by atoms with van der Waals surface area (Å²) >= 11 is 0. The van der Waals surface area contributed by atoms with Crippen molar-refractivity contribution in [2.45, 2.75) is 31.5 Å². The molecular weight excluding hydrogens is 537 g/mol. The number of benzene rings is 3. The number of amides is 2. The molecule has 0 spiro atoms. The zero-order chi connectivity index (χ0) is 28.8. The summed E-state index contributed by atoms with van der Waals surface area (Å²) in [7, 11) is -1.57. The Morgan fingerprint density at radius 3 is 2.31 bits per heavy atom. The molecule has 1 N–H and O–H groups in total. The SMILES string of the molecule is COc1ccc(NC(=O)N(Cc2cccc(OS(=O)(=O)c3cccc(C(F)(F)F)c3)c2)CC(C)C)c(OC)c1. The third-order valence-corrected chi connectivity index (χ3v) is 6.69. The number of halogens is 3. The van der Waals surface area contributed by atoms with Gasteiger partial charge in [0, 0.05) is 19.2 Å². The second-order valence-corrected chi connectivity index (χ2v) is 10.5. The zero-order valence-corrected chi connectivity index (χ0v) is 22.6. The van der Waals surface area contributed by atoms with Gasteiger partial charge in [0.25, 0.3) is 0 Å². The number of nitrogens with one attached hydrogen (secondary N) is 1. The van der Waals surface area contributed by atoms with Crippen LogP contribution >= 0.6 is 0 Å². The lowest BCUT2D eigenvalue weighted by molar-refractivity contribution is -0.137. The number of alkyl halides is 3. The lowest BCUT2D eigenvalue weighted by Crippen LogP contribution is -2.37. The van der Waals surface area contributed by atoms with E-state index in [2.05, 4.69) is 5.32 Å². The van der Waals surface area contributed by atoms with Gasteiger partial charge >= 0.3 is 22.3 Å². The lowest BCUT2D eigenvalue weighted by Gasteiger charge is -2.25. The highest BCUT2D eigenvalue weighted by Crippen LogP contribution is 2.32. The zero-order valence-electron chi connectivity index (χ0n) is 21.8. The van der Waals surface area contributed by atoms with Gasteiger partial charge in [-0.1, -0.05) is 32.0 Å². The van der Waals surface area contributed by atoms with E-state index in [1.807, 2.05) is 13.8 Å². The molecule has 0 unspecified atom stereocenters. The highest BCUT2D eigenvalue weighted by molar-refractivity contribution is 7.87. The maximum Gasteiger partial charge on any atom is 0.416 e. The minimum Gasteiger partial charge on any atom is -0.497 e. The smallest absolute Gasteiger partial charge is 0.416 e. The summed E-state index contributed by atoms with van der Waals surface area (Å²) in [6.45, 7) is 4.35. The van der Waals surface area contributed by atoms with Crippen molar-refractivity contribution in [1.29, 1.82) is 0 Å². The van der Waals surface area contributed by atoms with Gasteiger partial charge in [0.2, 0.25) is 0 Å². The van der Waals surface area contributed by atoms with Crippen molar-refractivity contribution in [3.05, 3.63) is 77.9 Å². The lowest BCUT2D eigenvalue weighted by atomic mass is 10.1. The number of carbonyl (C=O) groups excluding carboxylic acids is 1. The molecule has 0 radical (unpaired) electrons. The molecule has 0 bridgehead atoms. The van der Waals surface area contributed by atoms with Gasteiger partial charge in [0.1, 0.15) is 22.1 Å². The molecule has 12 heteroatoms. The van der Waals surface area contributed by atoms with Crippen molar-refractivity contribution in [1.82, 2.24) is 4.90 Å². The number of ether oxygens (including phenoxy) is 2. The van der Waals surface area contributed by atoms with Crippen LogP contribution in [0.5, 0.6) is 17.2 Å². The number of hydrogen-bond acceptors (Lipinski definition) is 6. The molecule has 0 aliphatic carbocycles. The normalized spacial score (nSPS) is 11.7. The molecule has 3 aromatic rings. The molecule has 2 amide bonds. The first-order valence-corrected chi connectivity index (χ1v) is 13.2. The Morgan fingerprint density at radius 2 is 1.67 bits per heavy atom. The number of rotatable bonds is 10. The van der Waals surface area contributed by atoms with Crippen LogP contribution in [0.3, 0.4) is 0 Å². The summed E-state index contributed by atoms with van der Waals surface area (Å²) in [5.74, 6) is 0.962. The van der Waals surface area contributed by atoms with Gasteiger partial charge in [0.15, 0.2) is 0 Å². The van der Waals surface area contributed by atoms with Gasteiger partial charge in [-0.05, 0) is 53.9 Å². The Bertz CT molecular complexity index is 1410. The number of anilines is 1. The number of nitrogens with zero attached hydrogens (tertiary/aromatic N) is 1. The van der Waals surface area contributed by atoms with Crippen LogP contribution in [-0.2, 0) is 22.8 Å². The highest BCUT2D eigenvalue weighted by Gasteiger charge is 2.32. The van der Waals surface area contributed by atoms with Crippen molar-refractivity contribution in [3.8, 4) is 17.2 Å². The summed E-state index contributed by atoms with van der Waals surface area (Å²) in [6, 6.07) is 13.8. The minimum atomic E-state index is -4.71. The van der Waals surface area contributed by atoms with Crippen LogP contribution in [0.4, 0.5) is 23.7 Å². The van der Waals surface area contributed by atoms with Crippen LogP contribution in [-0.4, -0.2) is 40.1 Å². The van der Waals surface area contributed by atoms with E-state index in [0.29, 0.717) is 35.4 Å². The van der Waals surface area contributed by atoms with E-state index in [0.717, 1.165) is 18.2 Å². The monoisotopic (exact) mass is 566 g/mol. The summed E-state index contributed by atoms with van der Waals surface area (Å²) in [6.07, 6.45) is -4.71. The topological polar surface area (TPSA) is 94.2 Å². The van der Waals surface area contributed by atoms with Crippen LogP contribution < -0.4 is 19.0 Å². The molecule has 0 fully saturated rings. The molecule has 3 rings (SSSR count). The summed E-state index contributed by atoms with van der Waals surface area (Å²) < 4.78 is 80.2. The standard InChI is InChI=1S/C27H29F3N2O6S/c1-18(2)16-32(26(33)31-24-12-11-21(36-3)15-25(24)37-4)17-19-7-5-9-22(13-19)38-39(34,35)23-10-6-8-20(14-23)27(28,29)30/h5-15,18H,16-17H2,1-4H3,(H,31,33). The van der Waals surface area contributed by atoms with Crippen molar-refractivity contribution in [2.75, 3.05) is 26.1 Å². The molecule has 0 atom stereocenters. The van der Waals surface area contributed by atoms with Gasteiger partial charge in [-0.3, -0.25) is 0 Å². The van der Waals surface area contributed by atoms with Crippen LogP contribution in [0.25, 0.3) is 0 Å². The third-order valence-electron chi connectivity index (χ3n) is 5.45. The van der Waals surface area contributed by atoms with E-state index in [1.165, 1.54) is 37.3 Å². The van der Waals surface area contributed by atoms with Gasteiger partial charge in [0.05, 0.1) is 25.5 Å². The van der Waals surface area contributed by atoms with Crippen molar-refractivity contribution in [2.24, 2.45) is 5.92 Å². The molecular formula is C27H29F3N2O6S. The maximum absolute atomic E-state index is 13.2. The molecule has 8 nitrogen and oxygen atoms in total. The fourth-order valence-electron chi connectivity index (χ4n) is 3.67. The van der Waals surface area contributed by atoms with E-state index < -0.39 is 32.8 Å². The molecule has 0 saturated heterocycles. The van der Waals surface area contributed by atoms with Gasteiger partial charge in [-0.2, -0.15) is 21.6 Å². The third kappa shape index (κ3) is 8.03. The molecule has 0 saturated carbocycles. The number of carbonyl (C=O) groups is 1. The van der Waals surface area contributed by atoms with Gasteiger partial charge < -0.3 is 23.9 Å². The average Bonchev–Trinajstić information content (AvgIpc) is 2.87. The molecule has 0 aliphatic heterocycles. The van der Waals surface area contributed by atoms with Crippen molar-refractivity contribution in [3.63, 3.8) is 0 Å². The quantitative estimate of drug-likeness (QED) is 0.295. The van der Waals surface area contributed by atoms with Crippen LogP contribution in [0.2, 0.25) is 0 Å². The maximum atomic E-state index is 13.2. The molecule has 0 aliphatic rings. The molecule has 3 aromatic carbocycles. The Labute approximate surface area is 225 Å². The average molecular weight is 567 g/mol.